The number of pyridine rings is 1. The third-order valence-electron chi connectivity index (χ3n) is 3.23. The molecule has 0 spiro atoms. The Hall–Kier alpha value is -1.80. The maximum Gasteiger partial charge on any atom is 0.227 e. The van der Waals surface area contributed by atoms with Gasteiger partial charge in [-0.15, -0.1) is 0 Å². The Morgan fingerprint density at radius 2 is 2.37 bits per heavy atom. The van der Waals surface area contributed by atoms with Crippen LogP contribution in [0, 0.1) is 17.2 Å². The van der Waals surface area contributed by atoms with Crippen molar-refractivity contribution in [2.75, 3.05) is 32.1 Å². The highest BCUT2D eigenvalue weighted by molar-refractivity contribution is 6.33. The fourth-order valence-corrected chi connectivity index (χ4v) is 2.53. The molecule has 0 N–H and O–H groups in total. The van der Waals surface area contributed by atoms with Gasteiger partial charge in [0.2, 0.25) is 5.91 Å². The van der Waals surface area contributed by atoms with Gasteiger partial charge < -0.3 is 9.80 Å². The van der Waals surface area contributed by atoms with Gasteiger partial charge in [0.1, 0.15) is 11.9 Å². The smallest absolute Gasteiger partial charge is 0.227 e. The van der Waals surface area contributed by atoms with E-state index >= 15 is 0 Å². The van der Waals surface area contributed by atoms with E-state index in [0.717, 1.165) is 13.0 Å². The lowest BCUT2D eigenvalue weighted by atomic mass is 10.1. The first-order valence-electron chi connectivity index (χ1n) is 6.04. The first-order chi connectivity index (χ1) is 9.02. The summed E-state index contributed by atoms with van der Waals surface area (Å²) >= 11 is 6.13. The van der Waals surface area contributed by atoms with Gasteiger partial charge in [-0.05, 0) is 12.5 Å². The monoisotopic (exact) mass is 278 g/mol. The SMILES string of the molecule is CN(C)C(=O)C1CCN(c2ncc(C#N)cc2Cl)C1. The van der Waals surface area contributed by atoms with Crippen LogP contribution in [0.2, 0.25) is 5.02 Å². The average Bonchev–Trinajstić information content (AvgIpc) is 2.86. The molecule has 0 radical (unpaired) electrons. The van der Waals surface area contributed by atoms with Crippen molar-refractivity contribution in [1.29, 1.82) is 5.26 Å². The minimum absolute atomic E-state index is 0.0106. The van der Waals surface area contributed by atoms with E-state index in [1.807, 2.05) is 11.0 Å². The zero-order chi connectivity index (χ0) is 14.0. The van der Waals surface area contributed by atoms with E-state index in [1.54, 1.807) is 25.1 Å². The normalized spacial score (nSPS) is 18.2. The Morgan fingerprint density at radius 3 is 2.95 bits per heavy atom. The van der Waals surface area contributed by atoms with Crippen LogP contribution >= 0.6 is 11.6 Å². The van der Waals surface area contributed by atoms with Gasteiger partial charge in [0.25, 0.3) is 0 Å². The van der Waals surface area contributed by atoms with Crippen LogP contribution in [0.4, 0.5) is 5.82 Å². The van der Waals surface area contributed by atoms with Crippen molar-refractivity contribution < 1.29 is 4.79 Å². The lowest BCUT2D eigenvalue weighted by molar-refractivity contribution is -0.132. The van der Waals surface area contributed by atoms with E-state index in [1.165, 1.54) is 6.20 Å². The zero-order valence-corrected chi connectivity index (χ0v) is 11.7. The molecular weight excluding hydrogens is 264 g/mol. The van der Waals surface area contributed by atoms with Crippen molar-refractivity contribution >= 4 is 23.3 Å². The number of rotatable bonds is 2. The van der Waals surface area contributed by atoms with Crippen LogP contribution in [0.15, 0.2) is 12.3 Å². The van der Waals surface area contributed by atoms with E-state index in [9.17, 15) is 4.79 Å². The van der Waals surface area contributed by atoms with E-state index in [4.69, 9.17) is 16.9 Å². The molecule has 0 bridgehead atoms. The largest absolute Gasteiger partial charge is 0.355 e. The highest BCUT2D eigenvalue weighted by Crippen LogP contribution is 2.29. The van der Waals surface area contributed by atoms with Crippen molar-refractivity contribution in [3.63, 3.8) is 0 Å². The van der Waals surface area contributed by atoms with Crippen LogP contribution in [0.1, 0.15) is 12.0 Å². The van der Waals surface area contributed by atoms with Crippen LogP contribution in [0.5, 0.6) is 0 Å². The second kappa shape index (κ2) is 5.45. The number of halogens is 1. The number of aromatic nitrogens is 1. The maximum absolute atomic E-state index is 11.9. The molecule has 0 saturated carbocycles. The van der Waals surface area contributed by atoms with Crippen molar-refractivity contribution in [3.8, 4) is 6.07 Å². The topological polar surface area (TPSA) is 60.2 Å². The van der Waals surface area contributed by atoms with Crippen LogP contribution in [-0.2, 0) is 4.79 Å². The number of nitriles is 1. The molecule has 1 aliphatic rings. The summed E-state index contributed by atoms with van der Waals surface area (Å²) in [6.07, 6.45) is 2.30. The zero-order valence-electron chi connectivity index (χ0n) is 10.9. The molecular formula is C13H15ClN4O. The minimum atomic E-state index is -0.0106. The summed E-state index contributed by atoms with van der Waals surface area (Å²) in [4.78, 5) is 19.7. The minimum Gasteiger partial charge on any atom is -0.355 e. The Labute approximate surface area is 117 Å². The molecule has 1 fully saturated rings. The summed E-state index contributed by atoms with van der Waals surface area (Å²) < 4.78 is 0. The van der Waals surface area contributed by atoms with E-state index in [2.05, 4.69) is 4.98 Å². The number of hydrogen-bond acceptors (Lipinski definition) is 4. The lowest BCUT2D eigenvalue weighted by Crippen LogP contribution is -2.32. The van der Waals surface area contributed by atoms with Crippen molar-refractivity contribution in [2.45, 2.75) is 6.42 Å². The van der Waals surface area contributed by atoms with Gasteiger partial charge in [0.15, 0.2) is 0 Å². The van der Waals surface area contributed by atoms with Gasteiger partial charge in [0, 0.05) is 33.4 Å². The molecule has 1 amide bonds. The molecule has 1 atom stereocenters. The molecule has 5 nitrogen and oxygen atoms in total. The first kappa shape index (κ1) is 13.6. The summed E-state index contributed by atoms with van der Waals surface area (Å²) in [5.74, 6) is 0.769. The van der Waals surface area contributed by atoms with Gasteiger partial charge in [-0.2, -0.15) is 5.26 Å². The fraction of sp³-hybridized carbons (Fsp3) is 0.462. The van der Waals surface area contributed by atoms with E-state index < -0.39 is 0 Å². The fourth-order valence-electron chi connectivity index (χ4n) is 2.24. The number of carbonyl (C=O) groups is 1. The van der Waals surface area contributed by atoms with Gasteiger partial charge in [-0.25, -0.2) is 4.98 Å². The number of carbonyl (C=O) groups excluding carboxylic acids is 1. The molecule has 0 aromatic carbocycles. The average molecular weight is 279 g/mol. The summed E-state index contributed by atoms with van der Waals surface area (Å²) in [5.41, 5.74) is 0.439. The molecule has 100 valence electrons. The van der Waals surface area contributed by atoms with E-state index in [-0.39, 0.29) is 11.8 Å². The van der Waals surface area contributed by atoms with Gasteiger partial charge in [0.05, 0.1) is 16.5 Å². The first-order valence-corrected chi connectivity index (χ1v) is 6.42. The van der Waals surface area contributed by atoms with Gasteiger partial charge in [-0.3, -0.25) is 4.79 Å². The highest BCUT2D eigenvalue weighted by atomic mass is 35.5. The summed E-state index contributed by atoms with van der Waals surface area (Å²) in [6.45, 7) is 1.37. The molecule has 2 heterocycles. The summed E-state index contributed by atoms with van der Waals surface area (Å²) in [7, 11) is 3.52. The number of amides is 1. The standard InChI is InChI=1S/C13H15ClN4O/c1-17(2)13(19)10-3-4-18(8-10)12-11(14)5-9(6-15)7-16-12/h5,7,10H,3-4,8H2,1-2H3. The number of nitrogens with zero attached hydrogens (tertiary/aromatic N) is 4. The number of hydrogen-bond donors (Lipinski definition) is 0. The Kier molecular flexibility index (Phi) is 3.91. The van der Waals surface area contributed by atoms with Crippen LogP contribution in [-0.4, -0.2) is 43.0 Å². The molecule has 2 rings (SSSR count). The van der Waals surface area contributed by atoms with Crippen molar-refractivity contribution in [1.82, 2.24) is 9.88 Å². The molecule has 6 heteroatoms. The lowest BCUT2D eigenvalue weighted by Gasteiger charge is -2.19. The highest BCUT2D eigenvalue weighted by Gasteiger charge is 2.30. The molecule has 1 aromatic rings. The predicted octanol–water partition coefficient (Wildman–Crippen LogP) is 1.52. The molecule has 19 heavy (non-hydrogen) atoms. The Balaban J connectivity index is 2.13. The molecule has 1 aromatic heterocycles. The quantitative estimate of drug-likeness (QED) is 0.823. The Bertz CT molecular complexity index is 538. The van der Waals surface area contributed by atoms with Crippen LogP contribution in [0.3, 0.4) is 0 Å². The van der Waals surface area contributed by atoms with Crippen LogP contribution in [0.25, 0.3) is 0 Å². The van der Waals surface area contributed by atoms with Gasteiger partial charge >= 0.3 is 0 Å². The summed E-state index contributed by atoms with van der Waals surface area (Å²) in [6, 6.07) is 3.60. The van der Waals surface area contributed by atoms with Crippen LogP contribution < -0.4 is 4.90 Å². The molecule has 1 saturated heterocycles. The van der Waals surface area contributed by atoms with Crippen molar-refractivity contribution in [2.24, 2.45) is 5.92 Å². The second-order valence-electron chi connectivity index (χ2n) is 4.81. The maximum atomic E-state index is 11.9. The third-order valence-corrected chi connectivity index (χ3v) is 3.51. The number of anilines is 1. The Morgan fingerprint density at radius 1 is 1.63 bits per heavy atom. The third kappa shape index (κ3) is 2.79. The predicted molar refractivity (Wildman–Crippen MR) is 73.0 cm³/mol. The second-order valence-corrected chi connectivity index (χ2v) is 5.21. The molecule has 0 aliphatic carbocycles. The molecule has 1 aliphatic heterocycles. The van der Waals surface area contributed by atoms with Gasteiger partial charge in [-0.1, -0.05) is 11.6 Å². The molecule has 1 unspecified atom stereocenters. The van der Waals surface area contributed by atoms with Crippen molar-refractivity contribution in [3.05, 3.63) is 22.8 Å². The summed E-state index contributed by atoms with van der Waals surface area (Å²) in [5, 5.41) is 9.24. The van der Waals surface area contributed by atoms with E-state index in [0.29, 0.717) is 22.9 Å².